The predicted molar refractivity (Wildman–Crippen MR) is 45.9 cm³/mol. The SMILES string of the molecule is C[C@@H]1CCC=C(N)C[C@@H](O)C1. The molecule has 64 valence electrons. The van der Waals surface area contributed by atoms with Crippen LogP contribution in [0, 0.1) is 5.92 Å². The van der Waals surface area contributed by atoms with Crippen molar-refractivity contribution in [2.75, 3.05) is 0 Å². The summed E-state index contributed by atoms with van der Waals surface area (Å²) in [5, 5.41) is 9.43. The Balaban J connectivity index is 2.50. The van der Waals surface area contributed by atoms with Crippen molar-refractivity contribution in [3.63, 3.8) is 0 Å². The van der Waals surface area contributed by atoms with E-state index in [1.54, 1.807) is 0 Å². The highest BCUT2D eigenvalue weighted by molar-refractivity contribution is 4.99. The fourth-order valence-corrected chi connectivity index (χ4v) is 1.57. The smallest absolute Gasteiger partial charge is 0.0597 e. The van der Waals surface area contributed by atoms with Crippen LogP contribution in [0.25, 0.3) is 0 Å². The van der Waals surface area contributed by atoms with Gasteiger partial charge in [0.05, 0.1) is 6.10 Å². The largest absolute Gasteiger partial charge is 0.402 e. The molecule has 0 radical (unpaired) electrons. The standard InChI is InChI=1S/C9H17NO/c1-7-3-2-4-8(10)6-9(11)5-7/h4,7,9,11H,2-3,5-6,10H2,1H3/t7-,9+/m1/s1. The fraction of sp³-hybridized carbons (Fsp3) is 0.778. The van der Waals surface area contributed by atoms with Crippen LogP contribution < -0.4 is 5.73 Å². The molecule has 1 aliphatic rings. The number of rotatable bonds is 0. The van der Waals surface area contributed by atoms with Crippen molar-refractivity contribution in [2.45, 2.75) is 38.7 Å². The number of nitrogens with two attached hydrogens (primary N) is 1. The van der Waals surface area contributed by atoms with Crippen LogP contribution in [0.1, 0.15) is 32.6 Å². The lowest BCUT2D eigenvalue weighted by atomic mass is 9.93. The number of aliphatic hydroxyl groups is 1. The Morgan fingerprint density at radius 1 is 1.64 bits per heavy atom. The summed E-state index contributed by atoms with van der Waals surface area (Å²) >= 11 is 0. The van der Waals surface area contributed by atoms with Crippen LogP contribution >= 0.6 is 0 Å². The van der Waals surface area contributed by atoms with Gasteiger partial charge < -0.3 is 10.8 Å². The third kappa shape index (κ3) is 2.93. The molecule has 1 aliphatic carbocycles. The van der Waals surface area contributed by atoms with Crippen LogP contribution in [-0.2, 0) is 0 Å². The van der Waals surface area contributed by atoms with Crippen LogP contribution in [0.15, 0.2) is 11.8 Å². The zero-order valence-electron chi connectivity index (χ0n) is 7.09. The van der Waals surface area contributed by atoms with E-state index in [0.717, 1.165) is 25.0 Å². The zero-order valence-corrected chi connectivity index (χ0v) is 7.09. The Morgan fingerprint density at radius 2 is 2.36 bits per heavy atom. The molecular weight excluding hydrogens is 138 g/mol. The van der Waals surface area contributed by atoms with Crippen LogP contribution in [-0.4, -0.2) is 11.2 Å². The van der Waals surface area contributed by atoms with E-state index < -0.39 is 0 Å². The minimum Gasteiger partial charge on any atom is -0.402 e. The van der Waals surface area contributed by atoms with Gasteiger partial charge >= 0.3 is 0 Å². The second-order valence-electron chi connectivity index (χ2n) is 3.56. The average molecular weight is 155 g/mol. The van der Waals surface area contributed by atoms with Gasteiger partial charge in [0.25, 0.3) is 0 Å². The average Bonchev–Trinajstić information content (AvgIpc) is 1.83. The van der Waals surface area contributed by atoms with Crippen molar-refractivity contribution in [2.24, 2.45) is 11.7 Å². The molecule has 0 aromatic heterocycles. The van der Waals surface area contributed by atoms with Crippen LogP contribution in [0.2, 0.25) is 0 Å². The molecule has 2 nitrogen and oxygen atoms in total. The van der Waals surface area contributed by atoms with Crippen LogP contribution in [0.4, 0.5) is 0 Å². The summed E-state index contributed by atoms with van der Waals surface area (Å²) in [5.41, 5.74) is 6.49. The Bertz CT molecular complexity index is 154. The van der Waals surface area contributed by atoms with Crippen molar-refractivity contribution in [3.8, 4) is 0 Å². The third-order valence-corrected chi connectivity index (χ3v) is 2.21. The van der Waals surface area contributed by atoms with Crippen molar-refractivity contribution in [1.29, 1.82) is 0 Å². The monoisotopic (exact) mass is 155 g/mol. The summed E-state index contributed by atoms with van der Waals surface area (Å²) in [6.07, 6.45) is 5.59. The lowest BCUT2D eigenvalue weighted by Gasteiger charge is -2.18. The zero-order chi connectivity index (χ0) is 8.27. The second-order valence-corrected chi connectivity index (χ2v) is 3.56. The van der Waals surface area contributed by atoms with Gasteiger partial charge in [-0.1, -0.05) is 13.0 Å². The van der Waals surface area contributed by atoms with Crippen LogP contribution in [0.5, 0.6) is 0 Å². The molecule has 2 heteroatoms. The van der Waals surface area contributed by atoms with E-state index >= 15 is 0 Å². The Morgan fingerprint density at radius 3 is 3.09 bits per heavy atom. The molecule has 0 saturated heterocycles. The summed E-state index contributed by atoms with van der Waals surface area (Å²) < 4.78 is 0. The molecule has 0 amide bonds. The van der Waals surface area contributed by atoms with Crippen molar-refractivity contribution in [1.82, 2.24) is 0 Å². The predicted octanol–water partition coefficient (Wildman–Crippen LogP) is 1.40. The molecule has 0 fully saturated rings. The fourth-order valence-electron chi connectivity index (χ4n) is 1.57. The van der Waals surface area contributed by atoms with Gasteiger partial charge in [0.2, 0.25) is 0 Å². The molecule has 1 rings (SSSR count). The van der Waals surface area contributed by atoms with Gasteiger partial charge in [-0.3, -0.25) is 0 Å². The maximum absolute atomic E-state index is 9.43. The van der Waals surface area contributed by atoms with Gasteiger partial charge in [-0.05, 0) is 25.2 Å². The van der Waals surface area contributed by atoms with E-state index in [1.807, 2.05) is 6.08 Å². The lowest BCUT2D eigenvalue weighted by Crippen LogP contribution is -2.17. The molecule has 0 aromatic carbocycles. The highest BCUT2D eigenvalue weighted by Crippen LogP contribution is 2.19. The summed E-state index contributed by atoms with van der Waals surface area (Å²) in [5.74, 6) is 0.634. The first-order valence-electron chi connectivity index (χ1n) is 4.31. The van der Waals surface area contributed by atoms with Gasteiger partial charge in [0, 0.05) is 12.1 Å². The van der Waals surface area contributed by atoms with Crippen molar-refractivity contribution in [3.05, 3.63) is 11.8 Å². The highest BCUT2D eigenvalue weighted by Gasteiger charge is 2.13. The summed E-state index contributed by atoms with van der Waals surface area (Å²) in [7, 11) is 0. The van der Waals surface area contributed by atoms with Crippen molar-refractivity contribution >= 4 is 0 Å². The van der Waals surface area contributed by atoms with E-state index in [4.69, 9.17) is 5.73 Å². The molecule has 3 N–H and O–H groups in total. The first kappa shape index (κ1) is 8.60. The number of aliphatic hydroxyl groups excluding tert-OH is 1. The minimum absolute atomic E-state index is 0.221. The molecule has 0 bridgehead atoms. The van der Waals surface area contributed by atoms with Gasteiger partial charge in [-0.2, -0.15) is 0 Å². The molecular formula is C9H17NO. The van der Waals surface area contributed by atoms with Gasteiger partial charge in [-0.25, -0.2) is 0 Å². The molecule has 0 unspecified atom stereocenters. The molecule has 11 heavy (non-hydrogen) atoms. The molecule has 2 atom stereocenters. The Kier molecular flexibility index (Phi) is 2.94. The third-order valence-electron chi connectivity index (χ3n) is 2.21. The molecule has 0 spiro atoms. The number of hydrogen-bond acceptors (Lipinski definition) is 2. The molecule has 0 heterocycles. The Hall–Kier alpha value is -0.500. The van der Waals surface area contributed by atoms with E-state index in [-0.39, 0.29) is 6.10 Å². The maximum Gasteiger partial charge on any atom is 0.0597 e. The number of allylic oxidation sites excluding steroid dienone is 1. The van der Waals surface area contributed by atoms with E-state index in [0.29, 0.717) is 12.3 Å². The Labute approximate surface area is 68.1 Å². The summed E-state index contributed by atoms with van der Waals surface area (Å²) in [6.45, 7) is 2.18. The molecule has 0 saturated carbocycles. The first-order chi connectivity index (χ1) is 5.18. The van der Waals surface area contributed by atoms with Crippen LogP contribution in [0.3, 0.4) is 0 Å². The second kappa shape index (κ2) is 3.77. The van der Waals surface area contributed by atoms with Gasteiger partial charge in [0.1, 0.15) is 0 Å². The maximum atomic E-state index is 9.43. The van der Waals surface area contributed by atoms with E-state index in [2.05, 4.69) is 6.92 Å². The number of hydrogen-bond donors (Lipinski definition) is 2. The topological polar surface area (TPSA) is 46.2 Å². The van der Waals surface area contributed by atoms with E-state index in [9.17, 15) is 5.11 Å². The molecule has 0 aliphatic heterocycles. The summed E-state index contributed by atoms with van der Waals surface area (Å²) in [6, 6.07) is 0. The van der Waals surface area contributed by atoms with Gasteiger partial charge in [0.15, 0.2) is 0 Å². The summed E-state index contributed by atoms with van der Waals surface area (Å²) in [4.78, 5) is 0. The van der Waals surface area contributed by atoms with Gasteiger partial charge in [-0.15, -0.1) is 0 Å². The minimum atomic E-state index is -0.221. The first-order valence-corrected chi connectivity index (χ1v) is 4.31. The van der Waals surface area contributed by atoms with Crippen molar-refractivity contribution < 1.29 is 5.11 Å². The normalized spacial score (nSPS) is 33.8. The lowest BCUT2D eigenvalue weighted by molar-refractivity contribution is 0.141. The quantitative estimate of drug-likeness (QED) is 0.555. The molecule has 0 aromatic rings. The van der Waals surface area contributed by atoms with E-state index in [1.165, 1.54) is 0 Å². The highest BCUT2D eigenvalue weighted by atomic mass is 16.3.